The lowest BCUT2D eigenvalue weighted by Crippen LogP contribution is -2.20. The van der Waals surface area contributed by atoms with Gasteiger partial charge < -0.3 is 15.0 Å². The summed E-state index contributed by atoms with van der Waals surface area (Å²) in [4.78, 5) is 20.1. The van der Waals surface area contributed by atoms with Gasteiger partial charge in [0.1, 0.15) is 5.82 Å². The zero-order chi connectivity index (χ0) is 18.6. The van der Waals surface area contributed by atoms with Gasteiger partial charge in [-0.05, 0) is 36.4 Å². The number of nitrogens with one attached hydrogen (secondary N) is 2. The molecular formula is C21H16FN3O2. The van der Waals surface area contributed by atoms with Gasteiger partial charge in [-0.1, -0.05) is 36.4 Å². The van der Waals surface area contributed by atoms with Crippen molar-refractivity contribution in [2.75, 3.05) is 11.9 Å². The minimum absolute atomic E-state index is 0.0400. The van der Waals surface area contributed by atoms with Crippen molar-refractivity contribution < 1.29 is 13.9 Å². The number of carbonyl (C=O) groups is 1. The fourth-order valence-electron chi connectivity index (χ4n) is 2.77. The van der Waals surface area contributed by atoms with Crippen LogP contribution in [0.25, 0.3) is 22.4 Å². The number of halogens is 1. The molecule has 6 heteroatoms. The number of aromatic nitrogens is 2. The van der Waals surface area contributed by atoms with Crippen molar-refractivity contribution in [2.24, 2.45) is 0 Å². The summed E-state index contributed by atoms with van der Waals surface area (Å²) in [6, 6.07) is 21.0. The third kappa shape index (κ3) is 3.64. The van der Waals surface area contributed by atoms with Gasteiger partial charge in [-0.2, -0.15) is 0 Å². The van der Waals surface area contributed by atoms with Crippen molar-refractivity contribution in [1.82, 2.24) is 9.97 Å². The normalized spacial score (nSPS) is 10.7. The molecule has 2 N–H and O–H groups in total. The molecule has 0 saturated heterocycles. The third-order valence-corrected chi connectivity index (χ3v) is 4.04. The highest BCUT2D eigenvalue weighted by Crippen LogP contribution is 2.27. The fraction of sp³-hybridized carbons (Fsp3) is 0.0476. The van der Waals surface area contributed by atoms with Gasteiger partial charge in [0.15, 0.2) is 18.2 Å². The zero-order valence-electron chi connectivity index (χ0n) is 14.3. The number of aromatic amines is 1. The third-order valence-electron chi connectivity index (χ3n) is 4.04. The van der Waals surface area contributed by atoms with Crippen LogP contribution in [0.4, 0.5) is 10.1 Å². The lowest BCUT2D eigenvalue weighted by Gasteiger charge is -2.10. The van der Waals surface area contributed by atoms with Crippen molar-refractivity contribution in [2.45, 2.75) is 0 Å². The number of benzene rings is 3. The van der Waals surface area contributed by atoms with Crippen LogP contribution in [-0.4, -0.2) is 22.5 Å². The largest absolute Gasteiger partial charge is 0.481 e. The van der Waals surface area contributed by atoms with E-state index < -0.39 is 5.82 Å². The van der Waals surface area contributed by atoms with Crippen LogP contribution in [-0.2, 0) is 4.79 Å². The van der Waals surface area contributed by atoms with Crippen molar-refractivity contribution in [3.8, 4) is 17.1 Å². The second-order valence-corrected chi connectivity index (χ2v) is 5.92. The molecule has 0 aliphatic carbocycles. The molecule has 0 bridgehead atoms. The molecule has 4 aromatic rings. The first-order chi connectivity index (χ1) is 13.2. The van der Waals surface area contributed by atoms with E-state index in [1.807, 2.05) is 42.5 Å². The molecule has 0 spiro atoms. The number of carbonyl (C=O) groups excluding carboxylic acids is 1. The van der Waals surface area contributed by atoms with E-state index in [0.717, 1.165) is 16.6 Å². The Kier molecular flexibility index (Phi) is 4.53. The second kappa shape index (κ2) is 7.29. The molecule has 0 aliphatic heterocycles. The minimum Gasteiger partial charge on any atom is -0.481 e. The molecule has 0 radical (unpaired) electrons. The number of ether oxygens (including phenoxy) is 1. The second-order valence-electron chi connectivity index (χ2n) is 5.92. The first-order valence-corrected chi connectivity index (χ1v) is 8.42. The summed E-state index contributed by atoms with van der Waals surface area (Å²) in [5.41, 5.74) is 3.11. The van der Waals surface area contributed by atoms with Crippen LogP contribution < -0.4 is 10.1 Å². The van der Waals surface area contributed by atoms with Crippen LogP contribution in [0, 0.1) is 5.82 Å². The molecule has 1 amide bonds. The first-order valence-electron chi connectivity index (χ1n) is 8.42. The number of nitrogens with zero attached hydrogens (tertiary/aromatic N) is 1. The highest BCUT2D eigenvalue weighted by atomic mass is 19.1. The molecule has 5 nitrogen and oxygen atoms in total. The van der Waals surface area contributed by atoms with E-state index in [0.29, 0.717) is 11.5 Å². The summed E-state index contributed by atoms with van der Waals surface area (Å²) < 4.78 is 18.8. The van der Waals surface area contributed by atoms with Gasteiger partial charge >= 0.3 is 0 Å². The van der Waals surface area contributed by atoms with Gasteiger partial charge in [0.25, 0.3) is 5.91 Å². The number of para-hydroxylation sites is 4. The number of fused-ring (bicyclic) bond motifs is 1. The molecule has 4 rings (SSSR count). The molecule has 134 valence electrons. The summed E-state index contributed by atoms with van der Waals surface area (Å²) in [7, 11) is 0. The van der Waals surface area contributed by atoms with E-state index in [1.165, 1.54) is 12.1 Å². The molecule has 0 aliphatic rings. The highest BCUT2D eigenvalue weighted by molar-refractivity contribution is 5.96. The Labute approximate surface area is 154 Å². The Morgan fingerprint density at radius 3 is 2.59 bits per heavy atom. The SMILES string of the molecule is O=C(COc1ccccc1F)Nc1ccccc1-c1nc2ccccc2[nH]1. The molecule has 27 heavy (non-hydrogen) atoms. The number of hydrogen-bond donors (Lipinski definition) is 2. The van der Waals surface area contributed by atoms with Gasteiger partial charge in [-0.15, -0.1) is 0 Å². The van der Waals surface area contributed by atoms with Crippen LogP contribution >= 0.6 is 0 Å². The monoisotopic (exact) mass is 361 g/mol. The lowest BCUT2D eigenvalue weighted by molar-refractivity contribution is -0.118. The lowest BCUT2D eigenvalue weighted by atomic mass is 10.1. The summed E-state index contributed by atoms with van der Waals surface area (Å²) in [5.74, 6) is -0.199. The van der Waals surface area contributed by atoms with E-state index in [-0.39, 0.29) is 18.3 Å². The predicted molar refractivity (Wildman–Crippen MR) is 102 cm³/mol. The molecule has 0 fully saturated rings. The highest BCUT2D eigenvalue weighted by Gasteiger charge is 2.12. The quantitative estimate of drug-likeness (QED) is 0.554. The molecule has 3 aromatic carbocycles. The van der Waals surface area contributed by atoms with Gasteiger partial charge in [0, 0.05) is 5.56 Å². The summed E-state index contributed by atoms with van der Waals surface area (Å²) >= 11 is 0. The van der Waals surface area contributed by atoms with Crippen molar-refractivity contribution in [1.29, 1.82) is 0 Å². The Morgan fingerprint density at radius 1 is 1.00 bits per heavy atom. The van der Waals surface area contributed by atoms with Crippen LogP contribution in [0.3, 0.4) is 0 Å². The molecule has 1 heterocycles. The standard InChI is InChI=1S/C21H16FN3O2/c22-15-8-2-6-12-19(15)27-13-20(26)23-16-9-3-1-7-14(16)21-24-17-10-4-5-11-18(17)25-21/h1-12H,13H2,(H,23,26)(H,24,25). The number of H-pyrrole nitrogens is 1. The number of hydrogen-bond acceptors (Lipinski definition) is 3. The Hall–Kier alpha value is -3.67. The van der Waals surface area contributed by atoms with Crippen molar-refractivity contribution in [3.63, 3.8) is 0 Å². The average molecular weight is 361 g/mol. The molecule has 0 atom stereocenters. The number of imidazole rings is 1. The van der Waals surface area contributed by atoms with E-state index in [9.17, 15) is 9.18 Å². The molecular weight excluding hydrogens is 345 g/mol. The van der Waals surface area contributed by atoms with Crippen LogP contribution in [0.5, 0.6) is 5.75 Å². The van der Waals surface area contributed by atoms with Crippen molar-refractivity contribution >= 4 is 22.6 Å². The number of anilines is 1. The maximum absolute atomic E-state index is 13.6. The first kappa shape index (κ1) is 16.8. The number of rotatable bonds is 5. The Balaban J connectivity index is 1.52. The molecule has 0 unspecified atom stereocenters. The Morgan fingerprint density at radius 2 is 1.74 bits per heavy atom. The summed E-state index contributed by atoms with van der Waals surface area (Å²) in [5, 5.41) is 2.80. The van der Waals surface area contributed by atoms with Gasteiger partial charge in [0.05, 0.1) is 16.7 Å². The minimum atomic E-state index is -0.507. The maximum atomic E-state index is 13.6. The smallest absolute Gasteiger partial charge is 0.262 e. The van der Waals surface area contributed by atoms with Gasteiger partial charge in [0.2, 0.25) is 0 Å². The van der Waals surface area contributed by atoms with Gasteiger partial charge in [-0.25, -0.2) is 9.37 Å². The maximum Gasteiger partial charge on any atom is 0.262 e. The molecule has 0 saturated carbocycles. The molecule has 1 aromatic heterocycles. The van der Waals surface area contributed by atoms with E-state index >= 15 is 0 Å². The fourth-order valence-corrected chi connectivity index (χ4v) is 2.77. The zero-order valence-corrected chi connectivity index (χ0v) is 14.3. The summed E-state index contributed by atoms with van der Waals surface area (Å²) in [6.07, 6.45) is 0. The van der Waals surface area contributed by atoms with Gasteiger partial charge in [-0.3, -0.25) is 4.79 Å². The average Bonchev–Trinajstić information content (AvgIpc) is 3.12. The van der Waals surface area contributed by atoms with Crippen LogP contribution in [0.15, 0.2) is 72.8 Å². The number of amides is 1. The topological polar surface area (TPSA) is 67.0 Å². The van der Waals surface area contributed by atoms with E-state index in [1.54, 1.807) is 18.2 Å². The van der Waals surface area contributed by atoms with Crippen LogP contribution in [0.1, 0.15) is 0 Å². The predicted octanol–water partition coefficient (Wildman–Crippen LogP) is 4.39. The summed E-state index contributed by atoms with van der Waals surface area (Å²) in [6.45, 7) is -0.296. The Bertz CT molecular complexity index is 1070. The van der Waals surface area contributed by atoms with Crippen molar-refractivity contribution in [3.05, 3.63) is 78.6 Å². The van der Waals surface area contributed by atoms with E-state index in [2.05, 4.69) is 15.3 Å². The van der Waals surface area contributed by atoms with E-state index in [4.69, 9.17) is 4.74 Å². The van der Waals surface area contributed by atoms with Crippen LogP contribution in [0.2, 0.25) is 0 Å².